The van der Waals surface area contributed by atoms with E-state index < -0.39 is 0 Å². The molecule has 0 aliphatic carbocycles. The number of hydrogen-bond acceptors (Lipinski definition) is 2. The highest BCUT2D eigenvalue weighted by Crippen LogP contribution is 2.31. The maximum absolute atomic E-state index is 12.0. The SMILES string of the molecule is Cc1ccc(NC(=O)c2cc(Cl)sc2Cl)cc1Cl. The van der Waals surface area contributed by atoms with Gasteiger partial charge >= 0.3 is 0 Å². The maximum atomic E-state index is 12.0. The van der Waals surface area contributed by atoms with Gasteiger partial charge in [0.2, 0.25) is 0 Å². The van der Waals surface area contributed by atoms with Crippen LogP contribution in [0.2, 0.25) is 13.7 Å². The Morgan fingerprint density at radius 1 is 1.22 bits per heavy atom. The van der Waals surface area contributed by atoms with Crippen molar-refractivity contribution in [2.24, 2.45) is 0 Å². The van der Waals surface area contributed by atoms with Crippen LogP contribution in [0.15, 0.2) is 24.3 Å². The molecule has 2 nitrogen and oxygen atoms in total. The summed E-state index contributed by atoms with van der Waals surface area (Å²) in [6.45, 7) is 1.89. The van der Waals surface area contributed by atoms with E-state index in [0.29, 0.717) is 24.9 Å². The van der Waals surface area contributed by atoms with Crippen LogP contribution in [-0.4, -0.2) is 5.91 Å². The highest BCUT2D eigenvalue weighted by Gasteiger charge is 2.14. The summed E-state index contributed by atoms with van der Waals surface area (Å²) in [6, 6.07) is 6.84. The summed E-state index contributed by atoms with van der Waals surface area (Å²) in [6.07, 6.45) is 0. The molecule has 0 aliphatic heterocycles. The lowest BCUT2D eigenvalue weighted by molar-refractivity contribution is 0.102. The first-order chi connectivity index (χ1) is 8.47. The summed E-state index contributed by atoms with van der Waals surface area (Å²) in [5.41, 5.74) is 1.93. The Balaban J connectivity index is 2.21. The molecule has 1 aromatic heterocycles. The first-order valence-corrected chi connectivity index (χ1v) is 6.95. The van der Waals surface area contributed by atoms with E-state index in [-0.39, 0.29) is 5.91 Å². The number of anilines is 1. The van der Waals surface area contributed by atoms with Crippen molar-refractivity contribution in [1.29, 1.82) is 0 Å². The van der Waals surface area contributed by atoms with Crippen LogP contribution in [0, 0.1) is 6.92 Å². The number of thiophene rings is 1. The fraction of sp³-hybridized carbons (Fsp3) is 0.0833. The smallest absolute Gasteiger partial charge is 0.258 e. The van der Waals surface area contributed by atoms with E-state index in [4.69, 9.17) is 34.8 Å². The average Bonchev–Trinajstić information content (AvgIpc) is 2.63. The van der Waals surface area contributed by atoms with Crippen LogP contribution in [-0.2, 0) is 0 Å². The lowest BCUT2D eigenvalue weighted by Crippen LogP contribution is -2.11. The van der Waals surface area contributed by atoms with Crippen molar-refractivity contribution in [1.82, 2.24) is 0 Å². The Morgan fingerprint density at radius 2 is 1.94 bits per heavy atom. The minimum absolute atomic E-state index is 0.303. The number of amides is 1. The number of nitrogens with one attached hydrogen (secondary N) is 1. The first-order valence-electron chi connectivity index (χ1n) is 4.99. The molecular formula is C12H8Cl3NOS. The van der Waals surface area contributed by atoms with Gasteiger partial charge in [-0.2, -0.15) is 0 Å². The topological polar surface area (TPSA) is 29.1 Å². The van der Waals surface area contributed by atoms with Crippen molar-refractivity contribution in [2.45, 2.75) is 6.92 Å². The standard InChI is InChI=1S/C12H8Cl3NOS/c1-6-2-3-7(4-9(6)13)16-12(17)8-5-10(14)18-11(8)15/h2-5H,1H3,(H,16,17). The van der Waals surface area contributed by atoms with Crippen LogP contribution in [0.5, 0.6) is 0 Å². The van der Waals surface area contributed by atoms with Crippen molar-refractivity contribution in [3.8, 4) is 0 Å². The highest BCUT2D eigenvalue weighted by atomic mass is 35.5. The number of aryl methyl sites for hydroxylation is 1. The quantitative estimate of drug-likeness (QED) is 0.802. The van der Waals surface area contributed by atoms with Gasteiger partial charge in [-0.3, -0.25) is 4.79 Å². The third kappa shape index (κ3) is 2.98. The van der Waals surface area contributed by atoms with Crippen molar-refractivity contribution < 1.29 is 4.79 Å². The number of halogens is 3. The van der Waals surface area contributed by atoms with Crippen molar-refractivity contribution in [3.05, 3.63) is 49.1 Å². The van der Waals surface area contributed by atoms with Gasteiger partial charge in [0, 0.05) is 10.7 Å². The van der Waals surface area contributed by atoms with Crippen LogP contribution >= 0.6 is 46.1 Å². The number of carbonyl (C=O) groups is 1. The zero-order valence-corrected chi connectivity index (χ0v) is 12.3. The Hall–Kier alpha value is -0.740. The largest absolute Gasteiger partial charge is 0.322 e. The molecule has 18 heavy (non-hydrogen) atoms. The van der Waals surface area contributed by atoms with Gasteiger partial charge in [0.05, 0.1) is 9.90 Å². The molecule has 0 unspecified atom stereocenters. The molecule has 0 saturated carbocycles. The molecule has 0 fully saturated rings. The van der Waals surface area contributed by atoms with Crippen molar-refractivity contribution >= 4 is 57.7 Å². The molecule has 94 valence electrons. The summed E-state index contributed by atoms with van der Waals surface area (Å²) in [5.74, 6) is -0.303. The van der Waals surface area contributed by atoms with Gasteiger partial charge in [-0.05, 0) is 30.7 Å². The van der Waals surface area contributed by atoms with Crippen LogP contribution < -0.4 is 5.32 Å². The molecule has 0 spiro atoms. The maximum Gasteiger partial charge on any atom is 0.258 e. The summed E-state index contributed by atoms with van der Waals surface area (Å²) in [5, 5.41) is 3.32. The molecule has 0 aliphatic rings. The Morgan fingerprint density at radius 3 is 2.50 bits per heavy atom. The molecule has 1 amide bonds. The third-order valence-corrected chi connectivity index (χ3v) is 4.23. The predicted molar refractivity (Wildman–Crippen MR) is 78.5 cm³/mol. The zero-order chi connectivity index (χ0) is 13.3. The zero-order valence-electron chi connectivity index (χ0n) is 9.26. The second kappa shape index (κ2) is 5.49. The van der Waals surface area contributed by atoms with Gasteiger partial charge in [0.15, 0.2) is 0 Å². The highest BCUT2D eigenvalue weighted by molar-refractivity contribution is 7.20. The summed E-state index contributed by atoms with van der Waals surface area (Å²) >= 11 is 18.8. The average molecular weight is 321 g/mol. The van der Waals surface area contributed by atoms with Gasteiger partial charge < -0.3 is 5.32 Å². The van der Waals surface area contributed by atoms with E-state index in [9.17, 15) is 4.79 Å². The van der Waals surface area contributed by atoms with Crippen LogP contribution in [0.25, 0.3) is 0 Å². The van der Waals surface area contributed by atoms with Gasteiger partial charge in [-0.1, -0.05) is 40.9 Å². The van der Waals surface area contributed by atoms with E-state index >= 15 is 0 Å². The minimum Gasteiger partial charge on any atom is -0.322 e. The lowest BCUT2D eigenvalue weighted by atomic mass is 10.2. The molecule has 2 rings (SSSR count). The summed E-state index contributed by atoms with van der Waals surface area (Å²) in [4.78, 5) is 12.0. The second-order valence-corrected chi connectivity index (χ2v) is 6.35. The van der Waals surface area contributed by atoms with Gasteiger partial charge in [-0.15, -0.1) is 11.3 Å². The molecule has 2 aromatic rings. The van der Waals surface area contributed by atoms with E-state index in [1.165, 1.54) is 0 Å². The molecule has 1 aromatic carbocycles. The Labute approximate surface area is 123 Å². The number of carbonyl (C=O) groups excluding carboxylic acids is 1. The minimum atomic E-state index is -0.303. The van der Waals surface area contributed by atoms with Crippen molar-refractivity contribution in [3.63, 3.8) is 0 Å². The van der Waals surface area contributed by atoms with Crippen LogP contribution in [0.4, 0.5) is 5.69 Å². The molecule has 0 atom stereocenters. The number of rotatable bonds is 2. The van der Waals surface area contributed by atoms with E-state index in [2.05, 4.69) is 5.32 Å². The molecular weight excluding hydrogens is 313 g/mol. The number of benzene rings is 1. The molecule has 0 radical (unpaired) electrons. The van der Waals surface area contributed by atoms with Crippen molar-refractivity contribution in [2.75, 3.05) is 5.32 Å². The van der Waals surface area contributed by atoms with Crippen LogP contribution in [0.1, 0.15) is 15.9 Å². The molecule has 0 bridgehead atoms. The van der Waals surface area contributed by atoms with E-state index in [0.717, 1.165) is 16.9 Å². The van der Waals surface area contributed by atoms with Crippen LogP contribution in [0.3, 0.4) is 0 Å². The summed E-state index contributed by atoms with van der Waals surface area (Å²) < 4.78 is 0.850. The van der Waals surface area contributed by atoms with Gasteiger partial charge in [0.25, 0.3) is 5.91 Å². The lowest BCUT2D eigenvalue weighted by Gasteiger charge is -2.06. The predicted octanol–water partition coefficient (Wildman–Crippen LogP) is 5.27. The monoisotopic (exact) mass is 319 g/mol. The third-order valence-electron chi connectivity index (χ3n) is 2.33. The van der Waals surface area contributed by atoms with Gasteiger partial charge in [0.1, 0.15) is 4.34 Å². The molecule has 1 N–H and O–H groups in total. The molecule has 1 heterocycles. The molecule has 0 saturated heterocycles. The van der Waals surface area contributed by atoms with Gasteiger partial charge in [-0.25, -0.2) is 0 Å². The van der Waals surface area contributed by atoms with E-state index in [1.807, 2.05) is 13.0 Å². The summed E-state index contributed by atoms with van der Waals surface area (Å²) in [7, 11) is 0. The van der Waals surface area contributed by atoms with E-state index in [1.54, 1.807) is 18.2 Å². The number of hydrogen-bond donors (Lipinski definition) is 1. The first kappa shape index (κ1) is 13.7. The fourth-order valence-electron chi connectivity index (χ4n) is 1.36. The Bertz CT molecular complexity index is 609. The second-order valence-electron chi connectivity index (χ2n) is 3.66. The fourth-order valence-corrected chi connectivity index (χ4v) is 3.00. The normalized spacial score (nSPS) is 10.4. The molecule has 6 heteroatoms. The Kier molecular flexibility index (Phi) is 4.17.